The first-order valence-electron chi connectivity index (χ1n) is 14.7. The first-order chi connectivity index (χ1) is 21.1. The fourth-order valence-electron chi connectivity index (χ4n) is 5.01. The molecule has 3 aromatic heterocycles. The molecule has 0 bridgehead atoms. The lowest BCUT2D eigenvalue weighted by atomic mass is 10.1. The summed E-state index contributed by atoms with van der Waals surface area (Å²) in [6, 6.07) is 9.74. The van der Waals surface area contributed by atoms with Crippen molar-refractivity contribution in [2.24, 2.45) is 0 Å². The molecule has 1 aliphatic rings. The van der Waals surface area contributed by atoms with Crippen molar-refractivity contribution in [1.29, 1.82) is 0 Å². The van der Waals surface area contributed by atoms with Crippen LogP contribution in [-0.2, 0) is 6.18 Å². The fourth-order valence-corrected chi connectivity index (χ4v) is 5.01. The minimum atomic E-state index is -4.81. The molecule has 1 amide bonds. The number of aromatic nitrogens is 3. The van der Waals surface area contributed by atoms with E-state index in [1.807, 2.05) is 57.1 Å². The molecule has 0 unspecified atom stereocenters. The van der Waals surface area contributed by atoms with Crippen molar-refractivity contribution in [2.45, 2.75) is 39.4 Å². The van der Waals surface area contributed by atoms with Gasteiger partial charge in [0.05, 0.1) is 30.0 Å². The Bertz CT molecular complexity index is 1420. The second kappa shape index (κ2) is 14.6. The standard InChI is InChI=1S/C31H39F3N6O4/c1-6-21-20-39(30(41)23-11-14-26(42-7-2)37-27(23)31(32,33)34)16-17-40(21)25-13-12-24(36-29(25)44-19-18-38(4)5)22-10-9-15-35-28(22)43-8-3/h9-15,21H,6-8,16-20H2,1-5H3/t21-/m1/s1. The highest BCUT2D eigenvalue weighted by molar-refractivity contribution is 5.95. The zero-order valence-electron chi connectivity index (χ0n) is 25.7. The molecule has 3 aromatic rings. The highest BCUT2D eigenvalue weighted by Gasteiger charge is 2.40. The zero-order valence-corrected chi connectivity index (χ0v) is 25.7. The van der Waals surface area contributed by atoms with Crippen molar-refractivity contribution in [3.63, 3.8) is 0 Å². The Balaban J connectivity index is 1.63. The number of likely N-dealkylation sites (N-methyl/N-ethyl adjacent to an activating group) is 1. The summed E-state index contributed by atoms with van der Waals surface area (Å²) in [5.74, 6) is -0.00836. The quantitative estimate of drug-likeness (QED) is 0.278. The summed E-state index contributed by atoms with van der Waals surface area (Å²) in [7, 11) is 3.90. The van der Waals surface area contributed by atoms with Crippen LogP contribution in [0.4, 0.5) is 18.9 Å². The van der Waals surface area contributed by atoms with Crippen LogP contribution < -0.4 is 19.1 Å². The SMILES string of the molecule is CCOc1ccc(C(=O)N2CCN(c3ccc(-c4cccnc4OCC)nc3OCCN(C)C)[C@H](CC)C2)c(C(F)(F)F)n1. The van der Waals surface area contributed by atoms with Gasteiger partial charge in [0.2, 0.25) is 17.6 Å². The first kappa shape index (κ1) is 32.8. The van der Waals surface area contributed by atoms with Gasteiger partial charge in [0.25, 0.3) is 5.91 Å². The van der Waals surface area contributed by atoms with Gasteiger partial charge in [-0.25, -0.2) is 15.0 Å². The minimum absolute atomic E-state index is 0.157. The van der Waals surface area contributed by atoms with Gasteiger partial charge in [0.1, 0.15) is 12.3 Å². The molecule has 13 heteroatoms. The van der Waals surface area contributed by atoms with E-state index in [-0.39, 0.29) is 31.6 Å². The topological polar surface area (TPSA) is 93.2 Å². The molecule has 0 N–H and O–H groups in total. The van der Waals surface area contributed by atoms with E-state index in [0.29, 0.717) is 50.2 Å². The Morgan fingerprint density at radius 3 is 2.43 bits per heavy atom. The Morgan fingerprint density at radius 1 is 0.977 bits per heavy atom. The van der Waals surface area contributed by atoms with Crippen LogP contribution in [0.2, 0.25) is 0 Å². The van der Waals surface area contributed by atoms with Crippen molar-refractivity contribution in [3.05, 3.63) is 53.9 Å². The molecule has 44 heavy (non-hydrogen) atoms. The van der Waals surface area contributed by atoms with Gasteiger partial charge in [-0.1, -0.05) is 6.92 Å². The maximum Gasteiger partial charge on any atom is 0.434 e. The molecule has 0 aromatic carbocycles. The van der Waals surface area contributed by atoms with E-state index in [1.165, 1.54) is 11.0 Å². The number of anilines is 1. The second-order valence-corrected chi connectivity index (χ2v) is 10.4. The predicted molar refractivity (Wildman–Crippen MR) is 160 cm³/mol. The van der Waals surface area contributed by atoms with Crippen LogP contribution in [0.5, 0.6) is 17.6 Å². The van der Waals surface area contributed by atoms with Gasteiger partial charge in [-0.05, 0) is 64.7 Å². The number of hydrogen-bond acceptors (Lipinski definition) is 9. The van der Waals surface area contributed by atoms with E-state index in [9.17, 15) is 18.0 Å². The van der Waals surface area contributed by atoms with E-state index in [1.54, 1.807) is 13.1 Å². The third-order valence-corrected chi connectivity index (χ3v) is 7.16. The van der Waals surface area contributed by atoms with Crippen LogP contribution in [0.1, 0.15) is 43.2 Å². The van der Waals surface area contributed by atoms with Gasteiger partial charge in [0, 0.05) is 44.5 Å². The molecule has 1 atom stereocenters. The fraction of sp³-hybridized carbons (Fsp3) is 0.484. The first-order valence-corrected chi connectivity index (χ1v) is 14.7. The number of carbonyl (C=O) groups is 1. The van der Waals surface area contributed by atoms with E-state index in [4.69, 9.17) is 19.2 Å². The van der Waals surface area contributed by atoms with Crippen LogP contribution >= 0.6 is 0 Å². The van der Waals surface area contributed by atoms with Crippen molar-refractivity contribution >= 4 is 11.6 Å². The number of amides is 1. The van der Waals surface area contributed by atoms with Crippen molar-refractivity contribution in [3.8, 4) is 28.9 Å². The van der Waals surface area contributed by atoms with Crippen LogP contribution in [0, 0.1) is 0 Å². The van der Waals surface area contributed by atoms with Gasteiger partial charge in [-0.2, -0.15) is 13.2 Å². The molecule has 238 valence electrons. The summed E-state index contributed by atoms with van der Waals surface area (Å²) in [6.07, 6.45) is -2.52. The predicted octanol–water partition coefficient (Wildman–Crippen LogP) is 5.04. The van der Waals surface area contributed by atoms with Crippen LogP contribution in [0.25, 0.3) is 11.3 Å². The van der Waals surface area contributed by atoms with E-state index in [0.717, 1.165) is 17.3 Å². The smallest absolute Gasteiger partial charge is 0.434 e. The van der Waals surface area contributed by atoms with E-state index >= 15 is 0 Å². The van der Waals surface area contributed by atoms with Gasteiger partial charge in [0.15, 0.2) is 5.69 Å². The monoisotopic (exact) mass is 616 g/mol. The molecule has 1 aliphatic heterocycles. The average molecular weight is 617 g/mol. The molecule has 0 saturated carbocycles. The molecule has 4 heterocycles. The number of rotatable bonds is 12. The Kier molecular flexibility index (Phi) is 10.8. The molecule has 4 rings (SSSR count). The maximum atomic E-state index is 13.9. The van der Waals surface area contributed by atoms with Crippen LogP contribution in [-0.4, -0.2) is 96.8 Å². The summed E-state index contributed by atoms with van der Waals surface area (Å²) in [5, 5.41) is 0. The number of pyridine rings is 3. The lowest BCUT2D eigenvalue weighted by molar-refractivity contribution is -0.141. The summed E-state index contributed by atoms with van der Waals surface area (Å²) >= 11 is 0. The molecule has 10 nitrogen and oxygen atoms in total. The maximum absolute atomic E-state index is 13.9. The second-order valence-electron chi connectivity index (χ2n) is 10.4. The van der Waals surface area contributed by atoms with Gasteiger partial charge in [-0.15, -0.1) is 0 Å². The number of hydrogen-bond donors (Lipinski definition) is 0. The molecular weight excluding hydrogens is 577 g/mol. The Labute approximate surface area is 255 Å². The molecular formula is C31H39F3N6O4. The zero-order chi connectivity index (χ0) is 31.9. The summed E-state index contributed by atoms with van der Waals surface area (Å²) in [5.41, 5.74) is 0.360. The van der Waals surface area contributed by atoms with Gasteiger partial charge < -0.3 is 28.9 Å². The average Bonchev–Trinajstić information content (AvgIpc) is 3.00. The van der Waals surface area contributed by atoms with E-state index < -0.39 is 23.3 Å². The molecule has 0 aliphatic carbocycles. The summed E-state index contributed by atoms with van der Waals surface area (Å²) < 4.78 is 58.8. The molecule has 0 radical (unpaired) electrons. The molecule has 1 saturated heterocycles. The van der Waals surface area contributed by atoms with Gasteiger partial charge >= 0.3 is 6.18 Å². The lowest BCUT2D eigenvalue weighted by Crippen LogP contribution is -2.55. The third kappa shape index (κ3) is 7.68. The Morgan fingerprint density at radius 2 is 1.75 bits per heavy atom. The Hall–Kier alpha value is -4.13. The largest absolute Gasteiger partial charge is 0.478 e. The van der Waals surface area contributed by atoms with E-state index in [2.05, 4.69) is 14.9 Å². The number of alkyl halides is 3. The number of ether oxygens (including phenoxy) is 3. The number of piperazine rings is 1. The third-order valence-electron chi connectivity index (χ3n) is 7.16. The summed E-state index contributed by atoms with van der Waals surface area (Å²) in [4.78, 5) is 31.8. The van der Waals surface area contributed by atoms with Crippen LogP contribution in [0.15, 0.2) is 42.6 Å². The molecule has 1 fully saturated rings. The number of carbonyl (C=O) groups excluding carboxylic acids is 1. The van der Waals surface area contributed by atoms with Gasteiger partial charge in [-0.3, -0.25) is 4.79 Å². The molecule has 0 spiro atoms. The highest BCUT2D eigenvalue weighted by atomic mass is 19.4. The van der Waals surface area contributed by atoms with Crippen molar-refractivity contribution in [2.75, 3.05) is 65.0 Å². The minimum Gasteiger partial charge on any atom is -0.478 e. The van der Waals surface area contributed by atoms with Crippen molar-refractivity contribution < 1.29 is 32.2 Å². The van der Waals surface area contributed by atoms with Crippen molar-refractivity contribution in [1.82, 2.24) is 24.8 Å². The number of nitrogens with zero attached hydrogens (tertiary/aromatic N) is 6. The lowest BCUT2D eigenvalue weighted by Gasteiger charge is -2.43. The highest BCUT2D eigenvalue weighted by Crippen LogP contribution is 2.37. The summed E-state index contributed by atoms with van der Waals surface area (Å²) in [6.45, 7) is 7.97. The number of halogens is 3. The van der Waals surface area contributed by atoms with Crippen LogP contribution in [0.3, 0.4) is 0 Å². The normalized spacial score (nSPS) is 15.4.